The SMILES string of the molecule is CC(=O)[N+]1(C(=O)CCO)CNc2ccc(-n3c(C)nc(OCc4ccc(F)cc4F)c(Cl)c3=O)cc21. The number of hydrogen-bond donors (Lipinski definition) is 2. The molecule has 2 heterocycles. The Balaban J connectivity index is 1.73. The van der Waals surface area contributed by atoms with Crippen LogP contribution in [0.3, 0.4) is 0 Å². The van der Waals surface area contributed by atoms with Crippen molar-refractivity contribution in [1.29, 1.82) is 0 Å². The number of aryl methyl sites for hydroxylation is 1. The van der Waals surface area contributed by atoms with Crippen LogP contribution in [-0.4, -0.2) is 39.7 Å². The zero-order valence-electron chi connectivity index (χ0n) is 19.3. The number of aliphatic hydroxyl groups excluding tert-OH is 1. The van der Waals surface area contributed by atoms with E-state index >= 15 is 0 Å². The number of carbonyl (C=O) groups excluding carboxylic acids is 2. The van der Waals surface area contributed by atoms with Crippen molar-refractivity contribution in [3.63, 3.8) is 0 Å². The van der Waals surface area contributed by atoms with E-state index < -0.39 is 40.1 Å². The molecule has 4 rings (SSSR count). The number of quaternary nitrogens is 1. The maximum atomic E-state index is 13.9. The van der Waals surface area contributed by atoms with Gasteiger partial charge in [0, 0.05) is 17.7 Å². The number of ether oxygens (including phenoxy) is 1. The van der Waals surface area contributed by atoms with Gasteiger partial charge in [-0.1, -0.05) is 11.6 Å². The highest BCUT2D eigenvalue weighted by Gasteiger charge is 2.49. The quantitative estimate of drug-likeness (QED) is 0.481. The monoisotopic (exact) mass is 519 g/mol. The van der Waals surface area contributed by atoms with Crippen LogP contribution in [0.2, 0.25) is 5.02 Å². The number of amides is 2. The van der Waals surface area contributed by atoms with Crippen molar-refractivity contribution < 1.29 is 28.2 Å². The summed E-state index contributed by atoms with van der Waals surface area (Å²) < 4.78 is 33.0. The van der Waals surface area contributed by atoms with E-state index in [0.29, 0.717) is 23.1 Å². The van der Waals surface area contributed by atoms with Crippen LogP contribution in [0.1, 0.15) is 24.7 Å². The average Bonchev–Trinajstić information content (AvgIpc) is 3.22. The van der Waals surface area contributed by atoms with Crippen molar-refractivity contribution in [2.75, 3.05) is 18.6 Å². The highest BCUT2D eigenvalue weighted by atomic mass is 35.5. The molecule has 1 atom stereocenters. The van der Waals surface area contributed by atoms with Crippen LogP contribution in [0.5, 0.6) is 5.88 Å². The van der Waals surface area contributed by atoms with Crippen LogP contribution in [-0.2, 0) is 16.2 Å². The first-order chi connectivity index (χ1) is 17.1. The molecule has 36 heavy (non-hydrogen) atoms. The second-order valence-corrected chi connectivity index (χ2v) is 8.55. The molecule has 1 aromatic heterocycles. The summed E-state index contributed by atoms with van der Waals surface area (Å²) in [4.78, 5) is 42.9. The summed E-state index contributed by atoms with van der Waals surface area (Å²) in [5.74, 6) is -2.55. The fraction of sp³-hybridized carbons (Fsp3) is 0.250. The second-order valence-electron chi connectivity index (χ2n) is 8.18. The standard InChI is InChI=1S/C24H22ClF2N4O5/c1-13-29-23(36-11-15-3-4-16(26)9-18(15)27)22(25)24(35)30(13)17-5-6-19-20(10-17)31(12-28-19,14(2)33)21(34)7-8-32/h3-6,9-10,28,32H,7-8,11-12H2,1-2H3/q+1. The van der Waals surface area contributed by atoms with Gasteiger partial charge in [0.25, 0.3) is 5.56 Å². The van der Waals surface area contributed by atoms with Crippen LogP contribution in [0, 0.1) is 18.6 Å². The molecule has 0 spiro atoms. The number of imide groups is 1. The van der Waals surface area contributed by atoms with Crippen LogP contribution in [0.15, 0.2) is 41.2 Å². The number of aliphatic hydroxyl groups is 1. The predicted octanol–water partition coefficient (Wildman–Crippen LogP) is 3.20. The lowest BCUT2D eigenvalue weighted by atomic mass is 10.1. The van der Waals surface area contributed by atoms with Crippen LogP contribution < -0.4 is 20.1 Å². The van der Waals surface area contributed by atoms with E-state index in [1.54, 1.807) is 12.1 Å². The first-order valence-electron chi connectivity index (χ1n) is 10.9. The fourth-order valence-corrected chi connectivity index (χ4v) is 4.33. The Labute approximate surface area is 209 Å². The van der Waals surface area contributed by atoms with Crippen LogP contribution >= 0.6 is 11.6 Å². The molecule has 0 fully saturated rings. The zero-order valence-corrected chi connectivity index (χ0v) is 20.1. The largest absolute Gasteiger partial charge is 0.471 e. The lowest BCUT2D eigenvalue weighted by Crippen LogP contribution is -2.57. The Morgan fingerprint density at radius 1 is 1.25 bits per heavy atom. The summed E-state index contributed by atoms with van der Waals surface area (Å²) in [6, 6.07) is 7.75. The van der Waals surface area contributed by atoms with Gasteiger partial charge in [-0.15, -0.1) is 4.48 Å². The second kappa shape index (κ2) is 9.76. The van der Waals surface area contributed by atoms with E-state index in [1.165, 1.54) is 30.5 Å². The molecule has 1 aliphatic heterocycles. The molecule has 2 aromatic carbocycles. The minimum absolute atomic E-state index is 0.0213. The first-order valence-corrected chi connectivity index (χ1v) is 11.3. The van der Waals surface area contributed by atoms with Crippen molar-refractivity contribution >= 4 is 34.8 Å². The molecule has 2 amide bonds. The van der Waals surface area contributed by atoms with Crippen LogP contribution in [0.4, 0.5) is 20.2 Å². The van der Waals surface area contributed by atoms with Gasteiger partial charge in [-0.25, -0.2) is 18.4 Å². The maximum Gasteiger partial charge on any atom is 0.330 e. The van der Waals surface area contributed by atoms with Crippen molar-refractivity contribution in [2.24, 2.45) is 0 Å². The fourth-order valence-electron chi connectivity index (χ4n) is 4.15. The third-order valence-corrected chi connectivity index (χ3v) is 6.31. The van der Waals surface area contributed by atoms with Gasteiger partial charge in [0.1, 0.15) is 29.8 Å². The third-order valence-electron chi connectivity index (χ3n) is 5.99. The van der Waals surface area contributed by atoms with E-state index in [-0.39, 0.29) is 42.0 Å². The van der Waals surface area contributed by atoms with E-state index in [0.717, 1.165) is 6.07 Å². The number of carbonyl (C=O) groups is 2. The number of benzene rings is 2. The Kier molecular flexibility index (Phi) is 6.90. The van der Waals surface area contributed by atoms with E-state index in [2.05, 4.69) is 10.3 Å². The van der Waals surface area contributed by atoms with Crippen molar-refractivity contribution in [2.45, 2.75) is 26.9 Å². The van der Waals surface area contributed by atoms with Crippen molar-refractivity contribution in [3.05, 3.63) is 74.8 Å². The summed E-state index contributed by atoms with van der Waals surface area (Å²) in [5.41, 5.74) is 0.519. The number of fused-ring (bicyclic) bond motifs is 1. The highest BCUT2D eigenvalue weighted by Crippen LogP contribution is 2.40. The molecule has 0 radical (unpaired) electrons. The Hall–Kier alpha value is -3.67. The molecule has 3 aromatic rings. The Morgan fingerprint density at radius 3 is 2.67 bits per heavy atom. The molecule has 0 bridgehead atoms. The summed E-state index contributed by atoms with van der Waals surface area (Å²) in [5, 5.41) is 11.9. The molecule has 1 unspecified atom stereocenters. The smallest absolute Gasteiger partial charge is 0.330 e. The van der Waals surface area contributed by atoms with Gasteiger partial charge in [0.05, 0.1) is 25.6 Å². The summed E-state index contributed by atoms with van der Waals surface area (Å²) in [6.45, 7) is 2.04. The molecule has 188 valence electrons. The van der Waals surface area contributed by atoms with Gasteiger partial charge in [-0.05, 0) is 31.2 Å². The number of rotatable bonds is 6. The summed E-state index contributed by atoms with van der Waals surface area (Å²) in [6.07, 6.45) is -0.224. The van der Waals surface area contributed by atoms with Gasteiger partial charge < -0.3 is 15.2 Å². The molecule has 0 saturated carbocycles. The molecule has 12 heteroatoms. The molecule has 2 N–H and O–H groups in total. The van der Waals surface area contributed by atoms with E-state index in [9.17, 15) is 28.3 Å². The maximum absolute atomic E-state index is 13.9. The zero-order chi connectivity index (χ0) is 26.2. The van der Waals surface area contributed by atoms with Gasteiger partial charge in [0.2, 0.25) is 5.88 Å². The van der Waals surface area contributed by atoms with Gasteiger partial charge in [0.15, 0.2) is 17.4 Å². The number of nitrogens with zero attached hydrogens (tertiary/aromatic N) is 3. The highest BCUT2D eigenvalue weighted by molar-refractivity contribution is 6.31. The van der Waals surface area contributed by atoms with E-state index in [4.69, 9.17) is 16.3 Å². The minimum atomic E-state index is -0.814. The van der Waals surface area contributed by atoms with Crippen LogP contribution in [0.25, 0.3) is 5.69 Å². The number of aromatic nitrogens is 2. The molecular formula is C24H22ClF2N4O5+. The van der Waals surface area contributed by atoms with E-state index in [1.807, 2.05) is 0 Å². The minimum Gasteiger partial charge on any atom is -0.471 e. The number of hydrogen-bond acceptors (Lipinski definition) is 7. The number of anilines is 1. The number of nitrogens with one attached hydrogen (secondary N) is 1. The topological polar surface area (TPSA) is 111 Å². The summed E-state index contributed by atoms with van der Waals surface area (Å²) >= 11 is 6.24. The number of halogens is 3. The molecule has 1 aliphatic rings. The van der Waals surface area contributed by atoms with Crippen molar-refractivity contribution in [3.8, 4) is 11.6 Å². The van der Waals surface area contributed by atoms with Crippen molar-refractivity contribution in [1.82, 2.24) is 14.0 Å². The Bertz CT molecular complexity index is 1440. The lowest BCUT2D eigenvalue weighted by molar-refractivity contribution is -0.142. The third kappa shape index (κ3) is 4.25. The molecule has 0 saturated heterocycles. The lowest BCUT2D eigenvalue weighted by Gasteiger charge is -2.26. The van der Waals surface area contributed by atoms with Gasteiger partial charge in [-0.3, -0.25) is 9.36 Å². The first kappa shape index (κ1) is 25.4. The summed E-state index contributed by atoms with van der Waals surface area (Å²) in [7, 11) is 0. The van der Waals surface area contributed by atoms with Gasteiger partial charge in [-0.2, -0.15) is 4.98 Å². The normalized spacial score (nSPS) is 16.4. The Morgan fingerprint density at radius 2 is 2.00 bits per heavy atom. The average molecular weight is 520 g/mol. The molecule has 9 nitrogen and oxygen atoms in total. The van der Waals surface area contributed by atoms with Gasteiger partial charge >= 0.3 is 11.8 Å². The molecular weight excluding hydrogens is 498 g/mol. The molecule has 0 aliphatic carbocycles. The predicted molar refractivity (Wildman–Crippen MR) is 128 cm³/mol.